The van der Waals surface area contributed by atoms with E-state index in [0.29, 0.717) is 6.42 Å². The first-order chi connectivity index (χ1) is 11.2. The molecule has 1 heterocycles. The van der Waals surface area contributed by atoms with Crippen LogP contribution < -0.4 is 4.72 Å². The second kappa shape index (κ2) is 8.14. The highest BCUT2D eigenvalue weighted by atomic mass is 35.5. The van der Waals surface area contributed by atoms with E-state index in [9.17, 15) is 16.8 Å². The number of hydrogen-bond acceptors (Lipinski definition) is 5. The minimum absolute atomic E-state index is 0.00549. The molecule has 2 rings (SSSR count). The maximum atomic E-state index is 12.4. The molecular weight excluding hydrogens is 372 g/mol. The van der Waals surface area contributed by atoms with Gasteiger partial charge in [0.25, 0.3) is 0 Å². The molecule has 0 spiro atoms. The molecule has 1 aliphatic rings. The number of halogens is 1. The lowest BCUT2D eigenvalue weighted by Crippen LogP contribution is -2.33. The molecule has 0 saturated carbocycles. The number of nitrogens with zero attached hydrogens (tertiary/aromatic N) is 1. The Labute approximate surface area is 149 Å². The lowest BCUT2D eigenvalue weighted by atomic mass is 10.1. The Balaban J connectivity index is 1.99. The van der Waals surface area contributed by atoms with Crippen molar-refractivity contribution in [1.82, 2.24) is 9.62 Å². The van der Waals surface area contributed by atoms with Crippen LogP contribution in [0.2, 0.25) is 5.02 Å². The molecule has 0 amide bonds. The topological polar surface area (TPSA) is 83.5 Å². The average molecular weight is 395 g/mol. The summed E-state index contributed by atoms with van der Waals surface area (Å²) in [5, 5.41) is 0.00549. The highest BCUT2D eigenvalue weighted by Crippen LogP contribution is 2.24. The van der Waals surface area contributed by atoms with Gasteiger partial charge in [-0.3, -0.25) is 0 Å². The summed E-state index contributed by atoms with van der Waals surface area (Å²) in [5.74, 6) is 0. The number of piperidine rings is 1. The zero-order chi connectivity index (χ0) is 17.8. The number of rotatable bonds is 7. The molecule has 0 radical (unpaired) electrons. The second-order valence-corrected chi connectivity index (χ2v) is 10.2. The summed E-state index contributed by atoms with van der Waals surface area (Å²) in [4.78, 5) is 2.06. The van der Waals surface area contributed by atoms with Crippen molar-refractivity contribution in [3.05, 3.63) is 23.2 Å². The molecule has 24 heavy (non-hydrogen) atoms. The third kappa shape index (κ3) is 5.42. The molecule has 0 aliphatic carbocycles. The molecule has 1 aromatic rings. The molecule has 0 unspecified atom stereocenters. The van der Waals surface area contributed by atoms with Gasteiger partial charge in [-0.05, 0) is 57.1 Å². The van der Waals surface area contributed by atoms with E-state index in [1.54, 1.807) is 0 Å². The van der Waals surface area contributed by atoms with E-state index >= 15 is 0 Å². The van der Waals surface area contributed by atoms with Crippen molar-refractivity contribution in [3.63, 3.8) is 0 Å². The normalized spacial score (nSPS) is 17.1. The standard InChI is InChI=1S/C15H23ClN2O4S2/c1-23(19,20)13-6-7-14(16)15(12-13)24(21,22)17-8-5-11-18-9-3-2-4-10-18/h6-7,12,17H,2-5,8-11H2,1H3. The van der Waals surface area contributed by atoms with Crippen LogP contribution in [0.3, 0.4) is 0 Å². The summed E-state index contributed by atoms with van der Waals surface area (Å²) in [5.41, 5.74) is 0. The largest absolute Gasteiger partial charge is 0.303 e. The van der Waals surface area contributed by atoms with E-state index in [1.165, 1.54) is 31.4 Å². The van der Waals surface area contributed by atoms with Crippen LogP contribution in [0.1, 0.15) is 25.7 Å². The van der Waals surface area contributed by atoms with Gasteiger partial charge in [-0.15, -0.1) is 0 Å². The molecule has 1 aliphatic heterocycles. The summed E-state index contributed by atoms with van der Waals surface area (Å²) < 4.78 is 50.4. The lowest BCUT2D eigenvalue weighted by Gasteiger charge is -2.26. The first-order valence-electron chi connectivity index (χ1n) is 7.92. The van der Waals surface area contributed by atoms with Crippen molar-refractivity contribution < 1.29 is 16.8 Å². The Kier molecular flexibility index (Phi) is 6.66. The second-order valence-electron chi connectivity index (χ2n) is 6.02. The van der Waals surface area contributed by atoms with Gasteiger partial charge in [0.1, 0.15) is 4.90 Å². The highest BCUT2D eigenvalue weighted by Gasteiger charge is 2.20. The Morgan fingerprint density at radius 3 is 2.42 bits per heavy atom. The van der Waals surface area contributed by atoms with Crippen molar-refractivity contribution in [2.24, 2.45) is 0 Å². The van der Waals surface area contributed by atoms with E-state index in [1.807, 2.05) is 0 Å². The summed E-state index contributed by atoms with van der Waals surface area (Å²) in [6.45, 7) is 3.27. The van der Waals surface area contributed by atoms with Crippen molar-refractivity contribution in [3.8, 4) is 0 Å². The third-order valence-corrected chi connectivity index (χ3v) is 7.07. The molecule has 0 bridgehead atoms. The van der Waals surface area contributed by atoms with Crippen LogP contribution in [0.15, 0.2) is 28.0 Å². The quantitative estimate of drug-likeness (QED) is 0.714. The Morgan fingerprint density at radius 2 is 1.79 bits per heavy atom. The third-order valence-electron chi connectivity index (χ3n) is 4.01. The number of benzene rings is 1. The predicted octanol–water partition coefficient (Wildman–Crippen LogP) is 1.90. The summed E-state index contributed by atoms with van der Waals surface area (Å²) >= 11 is 5.94. The molecule has 0 aromatic heterocycles. The van der Waals surface area contributed by atoms with Gasteiger partial charge in [0, 0.05) is 12.8 Å². The summed E-state index contributed by atoms with van der Waals surface area (Å²) in [6, 6.07) is 3.69. The van der Waals surface area contributed by atoms with Gasteiger partial charge in [-0.1, -0.05) is 18.0 Å². The number of likely N-dealkylation sites (tertiary alicyclic amines) is 1. The molecule has 1 aromatic carbocycles. The van der Waals surface area contributed by atoms with Crippen LogP contribution in [0.25, 0.3) is 0 Å². The number of nitrogens with one attached hydrogen (secondary N) is 1. The number of sulfone groups is 1. The van der Waals surface area contributed by atoms with Gasteiger partial charge in [0.05, 0.1) is 9.92 Å². The molecule has 6 nitrogen and oxygen atoms in total. The fourth-order valence-electron chi connectivity index (χ4n) is 2.69. The van der Waals surface area contributed by atoms with Gasteiger partial charge in [0.2, 0.25) is 10.0 Å². The zero-order valence-corrected chi connectivity index (χ0v) is 16.1. The van der Waals surface area contributed by atoms with Crippen LogP contribution in [-0.2, 0) is 19.9 Å². The van der Waals surface area contributed by atoms with Crippen molar-refractivity contribution in [2.45, 2.75) is 35.5 Å². The van der Waals surface area contributed by atoms with Crippen LogP contribution >= 0.6 is 11.6 Å². The Morgan fingerprint density at radius 1 is 1.12 bits per heavy atom. The van der Waals surface area contributed by atoms with Gasteiger partial charge >= 0.3 is 0 Å². The van der Waals surface area contributed by atoms with Gasteiger partial charge < -0.3 is 4.90 Å². The van der Waals surface area contributed by atoms with Crippen molar-refractivity contribution >= 4 is 31.5 Å². The molecule has 1 saturated heterocycles. The minimum Gasteiger partial charge on any atom is -0.303 e. The first-order valence-corrected chi connectivity index (χ1v) is 11.7. The van der Waals surface area contributed by atoms with E-state index < -0.39 is 19.9 Å². The zero-order valence-electron chi connectivity index (χ0n) is 13.7. The summed E-state index contributed by atoms with van der Waals surface area (Å²) in [7, 11) is -7.34. The van der Waals surface area contributed by atoms with Crippen molar-refractivity contribution in [1.29, 1.82) is 0 Å². The van der Waals surface area contributed by atoms with Crippen LogP contribution in [0.5, 0.6) is 0 Å². The molecule has 1 fully saturated rings. The maximum absolute atomic E-state index is 12.4. The maximum Gasteiger partial charge on any atom is 0.242 e. The first kappa shape index (κ1) is 19.7. The molecule has 0 atom stereocenters. The van der Waals surface area contributed by atoms with Crippen LogP contribution in [0.4, 0.5) is 0 Å². The lowest BCUT2D eigenvalue weighted by molar-refractivity contribution is 0.227. The monoisotopic (exact) mass is 394 g/mol. The fraction of sp³-hybridized carbons (Fsp3) is 0.600. The van der Waals surface area contributed by atoms with E-state index in [-0.39, 0.29) is 21.4 Å². The summed E-state index contributed by atoms with van der Waals surface area (Å²) in [6.07, 6.45) is 5.37. The van der Waals surface area contributed by atoms with Gasteiger partial charge in [-0.25, -0.2) is 21.6 Å². The van der Waals surface area contributed by atoms with E-state index in [2.05, 4.69) is 9.62 Å². The smallest absolute Gasteiger partial charge is 0.242 e. The Bertz CT molecular complexity index is 773. The van der Waals surface area contributed by atoms with Crippen LogP contribution in [0, 0.1) is 0 Å². The fourth-order valence-corrected chi connectivity index (χ4v) is 5.01. The molecule has 9 heteroatoms. The van der Waals surface area contributed by atoms with E-state index in [4.69, 9.17) is 11.6 Å². The molecule has 1 N–H and O–H groups in total. The SMILES string of the molecule is CS(=O)(=O)c1ccc(Cl)c(S(=O)(=O)NCCCN2CCCCC2)c1. The highest BCUT2D eigenvalue weighted by molar-refractivity contribution is 7.91. The van der Waals surface area contributed by atoms with E-state index in [0.717, 1.165) is 32.0 Å². The van der Waals surface area contributed by atoms with Gasteiger partial charge in [0.15, 0.2) is 9.84 Å². The van der Waals surface area contributed by atoms with Gasteiger partial charge in [-0.2, -0.15) is 0 Å². The number of sulfonamides is 1. The predicted molar refractivity (Wildman–Crippen MR) is 94.7 cm³/mol. The molecular formula is C15H23ClN2O4S2. The van der Waals surface area contributed by atoms with Crippen LogP contribution in [-0.4, -0.2) is 54.2 Å². The Hall–Kier alpha value is -0.670. The van der Waals surface area contributed by atoms with Crippen molar-refractivity contribution in [2.75, 3.05) is 32.4 Å². The number of hydrogen-bond donors (Lipinski definition) is 1. The minimum atomic E-state index is -3.84. The average Bonchev–Trinajstić information content (AvgIpc) is 2.52. The molecule has 136 valence electrons.